The molecule has 2 rings (SSSR count). The molecule has 2 aromatic rings. The van der Waals surface area contributed by atoms with E-state index in [2.05, 4.69) is 31.2 Å². The maximum absolute atomic E-state index is 12.0. The highest BCUT2D eigenvalue weighted by atomic mass is 79.9. The smallest absolute Gasteiger partial charge is 0.308 e. The molecule has 0 bridgehead atoms. The van der Waals surface area contributed by atoms with Gasteiger partial charge in [-0.2, -0.15) is 0 Å². The molecule has 1 aromatic heterocycles. The Kier molecular flexibility index (Phi) is 5.89. The van der Waals surface area contributed by atoms with Crippen molar-refractivity contribution in [3.8, 4) is 0 Å². The number of esters is 1. The second-order valence-electron chi connectivity index (χ2n) is 5.08. The summed E-state index contributed by atoms with van der Waals surface area (Å²) >= 11 is 3.30. The minimum Gasteiger partial charge on any atom is -0.463 e. The van der Waals surface area contributed by atoms with E-state index in [1.165, 1.54) is 0 Å². The van der Waals surface area contributed by atoms with Gasteiger partial charge in [0, 0.05) is 12.4 Å². The van der Waals surface area contributed by atoms with Gasteiger partial charge in [0.25, 0.3) is 0 Å². The highest BCUT2D eigenvalue weighted by molar-refractivity contribution is 9.10. The van der Waals surface area contributed by atoms with Crippen LogP contribution < -0.4 is 5.32 Å². The van der Waals surface area contributed by atoms with E-state index in [1.54, 1.807) is 12.4 Å². The number of aromatic nitrogens is 2. The van der Waals surface area contributed by atoms with Crippen LogP contribution in [-0.4, -0.2) is 22.0 Å². The number of halogens is 1. The molecule has 0 fully saturated rings. The third-order valence-electron chi connectivity index (χ3n) is 2.86. The van der Waals surface area contributed by atoms with Crippen LogP contribution in [0.25, 0.3) is 0 Å². The lowest BCUT2D eigenvalue weighted by molar-refractivity contribution is -0.147. The molecule has 22 heavy (non-hydrogen) atoms. The summed E-state index contributed by atoms with van der Waals surface area (Å²) in [6, 6.07) is 9.47. The highest BCUT2D eigenvalue weighted by Crippen LogP contribution is 2.22. The Bertz CT molecular complexity index is 603. The first kappa shape index (κ1) is 16.4. The molecule has 1 atom stereocenters. The van der Waals surface area contributed by atoms with E-state index in [0.29, 0.717) is 5.95 Å². The maximum atomic E-state index is 12.0. The molecular formula is C16H18BrN3O2. The van der Waals surface area contributed by atoms with E-state index >= 15 is 0 Å². The van der Waals surface area contributed by atoms with Gasteiger partial charge in [0.1, 0.15) is 0 Å². The van der Waals surface area contributed by atoms with Gasteiger partial charge >= 0.3 is 5.97 Å². The minimum absolute atomic E-state index is 0.132. The zero-order valence-corrected chi connectivity index (χ0v) is 14.1. The van der Waals surface area contributed by atoms with Crippen LogP contribution >= 0.6 is 15.9 Å². The summed E-state index contributed by atoms with van der Waals surface area (Å²) in [7, 11) is 0. The number of rotatable bonds is 6. The molecule has 1 aromatic carbocycles. The largest absolute Gasteiger partial charge is 0.463 e. The highest BCUT2D eigenvalue weighted by Gasteiger charge is 2.18. The number of nitrogens with one attached hydrogen (secondary N) is 1. The number of carbonyl (C=O) groups excluding carboxylic acids is 1. The van der Waals surface area contributed by atoms with Crippen LogP contribution in [0.15, 0.2) is 47.2 Å². The van der Waals surface area contributed by atoms with E-state index in [9.17, 15) is 4.79 Å². The van der Waals surface area contributed by atoms with Crippen LogP contribution in [0.4, 0.5) is 5.95 Å². The average Bonchev–Trinajstić information content (AvgIpc) is 2.49. The van der Waals surface area contributed by atoms with Crippen molar-refractivity contribution in [2.45, 2.75) is 32.4 Å². The van der Waals surface area contributed by atoms with Gasteiger partial charge in [-0.1, -0.05) is 30.3 Å². The third-order valence-corrected chi connectivity index (χ3v) is 3.27. The monoisotopic (exact) mass is 363 g/mol. The normalized spacial score (nSPS) is 12.0. The van der Waals surface area contributed by atoms with Gasteiger partial charge in [-0.25, -0.2) is 9.97 Å². The van der Waals surface area contributed by atoms with Crippen molar-refractivity contribution in [1.82, 2.24) is 9.97 Å². The fourth-order valence-electron chi connectivity index (χ4n) is 1.96. The molecule has 5 nitrogen and oxygen atoms in total. The molecule has 0 aliphatic rings. The van der Waals surface area contributed by atoms with E-state index in [0.717, 1.165) is 10.0 Å². The van der Waals surface area contributed by atoms with Gasteiger partial charge in [-0.05, 0) is 35.3 Å². The number of ether oxygens (including phenoxy) is 1. The Morgan fingerprint density at radius 3 is 2.45 bits per heavy atom. The number of hydrogen-bond acceptors (Lipinski definition) is 5. The van der Waals surface area contributed by atoms with Crippen LogP contribution in [0.1, 0.15) is 31.9 Å². The summed E-state index contributed by atoms with van der Waals surface area (Å²) in [6.45, 7) is 3.67. The molecule has 0 spiro atoms. The number of benzene rings is 1. The van der Waals surface area contributed by atoms with Crippen LogP contribution in [0.3, 0.4) is 0 Å². The predicted octanol–water partition coefficient (Wildman–Crippen LogP) is 3.73. The number of carbonyl (C=O) groups is 1. The molecule has 0 saturated carbocycles. The Morgan fingerprint density at radius 1 is 1.23 bits per heavy atom. The molecule has 0 unspecified atom stereocenters. The van der Waals surface area contributed by atoms with Gasteiger partial charge in [0.15, 0.2) is 0 Å². The van der Waals surface area contributed by atoms with E-state index in [-0.39, 0.29) is 24.5 Å². The van der Waals surface area contributed by atoms with Crippen molar-refractivity contribution in [1.29, 1.82) is 0 Å². The molecule has 0 aliphatic heterocycles. The first-order chi connectivity index (χ1) is 10.5. The van der Waals surface area contributed by atoms with Crippen LogP contribution in [-0.2, 0) is 9.53 Å². The van der Waals surface area contributed by atoms with Gasteiger partial charge in [0.05, 0.1) is 23.0 Å². The molecule has 1 heterocycles. The van der Waals surface area contributed by atoms with Crippen molar-refractivity contribution in [2.24, 2.45) is 0 Å². The van der Waals surface area contributed by atoms with Crippen molar-refractivity contribution in [2.75, 3.05) is 5.32 Å². The van der Waals surface area contributed by atoms with Crippen molar-refractivity contribution in [3.63, 3.8) is 0 Å². The molecule has 0 saturated heterocycles. The Labute approximate surface area is 138 Å². The number of hydrogen-bond donors (Lipinski definition) is 1. The quantitative estimate of drug-likeness (QED) is 0.792. The second kappa shape index (κ2) is 7.89. The second-order valence-corrected chi connectivity index (χ2v) is 5.99. The van der Waals surface area contributed by atoms with Crippen molar-refractivity contribution < 1.29 is 9.53 Å². The summed E-state index contributed by atoms with van der Waals surface area (Å²) in [5, 5.41) is 3.18. The zero-order chi connectivity index (χ0) is 15.9. The molecule has 1 N–H and O–H groups in total. The summed E-state index contributed by atoms with van der Waals surface area (Å²) in [5.41, 5.74) is 0.981. The Balaban J connectivity index is 2.14. The number of nitrogens with zero attached hydrogens (tertiary/aromatic N) is 2. The van der Waals surface area contributed by atoms with Crippen molar-refractivity contribution >= 4 is 27.8 Å². The molecule has 116 valence electrons. The number of anilines is 1. The lowest BCUT2D eigenvalue weighted by Crippen LogP contribution is -2.20. The zero-order valence-electron chi connectivity index (χ0n) is 12.5. The van der Waals surface area contributed by atoms with E-state index < -0.39 is 0 Å². The third kappa shape index (κ3) is 5.11. The topological polar surface area (TPSA) is 64.1 Å². The first-order valence-electron chi connectivity index (χ1n) is 7.03. The summed E-state index contributed by atoms with van der Waals surface area (Å²) in [5.74, 6) is 0.211. The van der Waals surface area contributed by atoms with Gasteiger partial charge in [-0.3, -0.25) is 4.79 Å². The first-order valence-corrected chi connectivity index (χ1v) is 7.82. The van der Waals surface area contributed by atoms with Crippen LogP contribution in [0, 0.1) is 0 Å². The fourth-order valence-corrected chi connectivity index (χ4v) is 2.16. The Morgan fingerprint density at radius 2 is 1.86 bits per heavy atom. The minimum atomic E-state index is -0.256. The van der Waals surface area contributed by atoms with Crippen molar-refractivity contribution in [3.05, 3.63) is 52.8 Å². The molecular weight excluding hydrogens is 346 g/mol. The van der Waals surface area contributed by atoms with Gasteiger partial charge < -0.3 is 10.1 Å². The lowest BCUT2D eigenvalue weighted by atomic mass is 10.0. The maximum Gasteiger partial charge on any atom is 0.308 e. The van der Waals surface area contributed by atoms with E-state index in [1.807, 2.05) is 44.2 Å². The lowest BCUT2D eigenvalue weighted by Gasteiger charge is -2.19. The predicted molar refractivity (Wildman–Crippen MR) is 88.4 cm³/mol. The molecule has 0 aliphatic carbocycles. The van der Waals surface area contributed by atoms with Crippen LogP contribution in [0.5, 0.6) is 0 Å². The van der Waals surface area contributed by atoms with Gasteiger partial charge in [0.2, 0.25) is 5.95 Å². The standard InChI is InChI=1S/C16H18BrN3O2/c1-11(2)22-15(21)8-14(12-6-4-3-5-7-12)20-16-18-9-13(17)10-19-16/h3-7,9-11,14H,8H2,1-2H3,(H,18,19,20)/t14-/m0/s1. The summed E-state index contributed by atoms with van der Waals surface area (Å²) in [4.78, 5) is 20.4. The molecule has 0 radical (unpaired) electrons. The van der Waals surface area contributed by atoms with Gasteiger partial charge in [-0.15, -0.1) is 0 Å². The molecule has 0 amide bonds. The molecule has 6 heteroatoms. The average molecular weight is 364 g/mol. The fraction of sp³-hybridized carbons (Fsp3) is 0.312. The SMILES string of the molecule is CC(C)OC(=O)C[C@H](Nc1ncc(Br)cn1)c1ccccc1. The van der Waals surface area contributed by atoms with E-state index in [4.69, 9.17) is 4.74 Å². The summed E-state index contributed by atoms with van der Waals surface area (Å²) in [6.07, 6.45) is 3.39. The van der Waals surface area contributed by atoms with Crippen LogP contribution in [0.2, 0.25) is 0 Å². The Hall–Kier alpha value is -1.95. The summed E-state index contributed by atoms with van der Waals surface area (Å²) < 4.78 is 6.03.